The monoisotopic (exact) mass is 369 g/mol. The number of nitrogens with zero attached hydrogens (tertiary/aromatic N) is 1. The molecule has 0 amide bonds. The quantitative estimate of drug-likeness (QED) is 0.440. The molecule has 4 aromatic rings. The number of hydrogen-bond donors (Lipinski definition) is 0. The minimum Gasteiger partial charge on any atom is -0.486 e. The van der Waals surface area contributed by atoms with Crippen LogP contribution in [-0.4, -0.2) is 11.0 Å². The lowest BCUT2D eigenvalue weighted by Crippen LogP contribution is -2.09. The average molecular weight is 369 g/mol. The van der Waals surface area contributed by atoms with E-state index >= 15 is 0 Å². The molecule has 138 valence electrons. The van der Waals surface area contributed by atoms with Gasteiger partial charge in [0.15, 0.2) is 5.75 Å². The van der Waals surface area contributed by atoms with Gasteiger partial charge in [0, 0.05) is 11.6 Å². The molecule has 0 unspecified atom stereocenters. The Morgan fingerprint density at radius 1 is 0.750 bits per heavy atom. The van der Waals surface area contributed by atoms with E-state index in [1.54, 1.807) is 12.3 Å². The summed E-state index contributed by atoms with van der Waals surface area (Å²) >= 11 is 0. The van der Waals surface area contributed by atoms with Crippen molar-refractivity contribution in [3.05, 3.63) is 108 Å². The molecule has 0 N–H and O–H groups in total. The van der Waals surface area contributed by atoms with Crippen molar-refractivity contribution in [1.29, 1.82) is 0 Å². The van der Waals surface area contributed by atoms with Crippen LogP contribution in [0.5, 0.6) is 5.75 Å². The summed E-state index contributed by atoms with van der Waals surface area (Å²) in [5.41, 5.74) is 2.96. The van der Waals surface area contributed by atoms with Gasteiger partial charge in [-0.15, -0.1) is 0 Å². The fourth-order valence-electron chi connectivity index (χ4n) is 2.96. The van der Waals surface area contributed by atoms with Crippen molar-refractivity contribution in [3.8, 4) is 5.75 Å². The number of aromatic nitrogens is 1. The van der Waals surface area contributed by atoms with E-state index in [1.807, 2.05) is 78.9 Å². The Morgan fingerprint density at radius 2 is 1.43 bits per heavy atom. The first-order valence-electron chi connectivity index (χ1n) is 9.07. The Kier molecular flexibility index (Phi) is 5.29. The van der Waals surface area contributed by atoms with Crippen molar-refractivity contribution in [2.75, 3.05) is 0 Å². The third-order valence-electron chi connectivity index (χ3n) is 4.39. The number of fused-ring (bicyclic) bond motifs is 1. The largest absolute Gasteiger partial charge is 0.486 e. The first kappa shape index (κ1) is 17.7. The molecule has 0 radical (unpaired) electrons. The number of benzene rings is 3. The second-order valence-electron chi connectivity index (χ2n) is 6.35. The van der Waals surface area contributed by atoms with Crippen molar-refractivity contribution in [2.45, 2.75) is 13.2 Å². The van der Waals surface area contributed by atoms with E-state index in [4.69, 9.17) is 9.47 Å². The first-order chi connectivity index (χ1) is 13.8. The topological polar surface area (TPSA) is 48.4 Å². The zero-order valence-corrected chi connectivity index (χ0v) is 15.2. The molecule has 1 heterocycles. The molecule has 0 aliphatic heterocycles. The summed E-state index contributed by atoms with van der Waals surface area (Å²) in [5, 5.41) is 0.908. The molecule has 0 saturated carbocycles. The van der Waals surface area contributed by atoms with Crippen LogP contribution >= 0.6 is 0 Å². The highest BCUT2D eigenvalue weighted by Gasteiger charge is 2.18. The molecule has 1 aromatic heterocycles. The Labute approximate surface area is 163 Å². The number of esters is 1. The number of carbonyl (C=O) groups is 1. The molecule has 4 heteroatoms. The average Bonchev–Trinajstić information content (AvgIpc) is 2.77. The SMILES string of the molecule is O=C(OCc1ccccc1)c1ccc2cccnc2c1OCc1ccccc1. The number of pyridine rings is 1. The zero-order valence-electron chi connectivity index (χ0n) is 15.2. The van der Waals surface area contributed by atoms with Crippen molar-refractivity contribution < 1.29 is 14.3 Å². The molecule has 0 atom stereocenters. The van der Waals surface area contributed by atoms with E-state index in [1.165, 1.54) is 0 Å². The van der Waals surface area contributed by atoms with Crippen LogP contribution < -0.4 is 4.74 Å². The fraction of sp³-hybridized carbons (Fsp3) is 0.0833. The van der Waals surface area contributed by atoms with Crippen molar-refractivity contribution in [3.63, 3.8) is 0 Å². The fourth-order valence-corrected chi connectivity index (χ4v) is 2.96. The zero-order chi connectivity index (χ0) is 19.2. The smallest absolute Gasteiger partial charge is 0.342 e. The third kappa shape index (κ3) is 4.01. The molecular weight excluding hydrogens is 350 g/mol. The molecule has 28 heavy (non-hydrogen) atoms. The number of ether oxygens (including phenoxy) is 2. The minimum absolute atomic E-state index is 0.206. The van der Waals surface area contributed by atoms with E-state index < -0.39 is 5.97 Å². The van der Waals surface area contributed by atoms with Gasteiger partial charge >= 0.3 is 5.97 Å². The van der Waals surface area contributed by atoms with Crippen molar-refractivity contribution >= 4 is 16.9 Å². The molecule has 0 aliphatic carbocycles. The van der Waals surface area contributed by atoms with Gasteiger partial charge in [-0.2, -0.15) is 0 Å². The van der Waals surface area contributed by atoms with Crippen molar-refractivity contribution in [2.24, 2.45) is 0 Å². The molecule has 0 spiro atoms. The lowest BCUT2D eigenvalue weighted by molar-refractivity contribution is 0.0468. The van der Waals surface area contributed by atoms with E-state index in [2.05, 4.69) is 4.98 Å². The summed E-state index contributed by atoms with van der Waals surface area (Å²) in [7, 11) is 0. The third-order valence-corrected chi connectivity index (χ3v) is 4.39. The first-order valence-corrected chi connectivity index (χ1v) is 9.07. The Bertz CT molecular complexity index is 1080. The van der Waals surface area contributed by atoms with Crippen LogP contribution in [0, 0.1) is 0 Å². The number of hydrogen-bond acceptors (Lipinski definition) is 4. The molecule has 3 aromatic carbocycles. The van der Waals surface area contributed by atoms with Crippen molar-refractivity contribution in [1.82, 2.24) is 4.98 Å². The predicted molar refractivity (Wildman–Crippen MR) is 108 cm³/mol. The van der Waals surface area contributed by atoms with Gasteiger partial charge in [0.2, 0.25) is 0 Å². The van der Waals surface area contributed by atoms with Crippen LogP contribution in [0.25, 0.3) is 10.9 Å². The highest BCUT2D eigenvalue weighted by atomic mass is 16.5. The van der Waals surface area contributed by atoms with Gasteiger partial charge in [-0.3, -0.25) is 4.98 Å². The van der Waals surface area contributed by atoms with Gasteiger partial charge in [-0.25, -0.2) is 4.79 Å². The lowest BCUT2D eigenvalue weighted by Gasteiger charge is -2.14. The van der Waals surface area contributed by atoms with Crippen LogP contribution in [0.4, 0.5) is 0 Å². The lowest BCUT2D eigenvalue weighted by atomic mass is 10.1. The van der Waals surface area contributed by atoms with Gasteiger partial charge in [-0.1, -0.05) is 72.8 Å². The molecule has 0 fully saturated rings. The molecule has 0 aliphatic rings. The van der Waals surface area contributed by atoms with Crippen LogP contribution in [-0.2, 0) is 18.0 Å². The van der Waals surface area contributed by atoms with E-state index in [9.17, 15) is 4.79 Å². The Hall–Kier alpha value is -3.66. The van der Waals surface area contributed by atoms with E-state index in [0.29, 0.717) is 23.4 Å². The Morgan fingerprint density at radius 3 is 2.14 bits per heavy atom. The second-order valence-corrected chi connectivity index (χ2v) is 6.35. The number of rotatable bonds is 6. The highest BCUT2D eigenvalue weighted by Crippen LogP contribution is 2.30. The Balaban J connectivity index is 1.62. The summed E-state index contributed by atoms with van der Waals surface area (Å²) in [5.74, 6) is 0.0134. The summed E-state index contributed by atoms with van der Waals surface area (Å²) in [6.45, 7) is 0.549. The molecule has 4 rings (SSSR count). The molecule has 0 bridgehead atoms. The van der Waals surface area contributed by atoms with Crippen LogP contribution in [0.15, 0.2) is 91.1 Å². The highest BCUT2D eigenvalue weighted by molar-refractivity contribution is 5.99. The molecule has 4 nitrogen and oxygen atoms in total. The maximum absolute atomic E-state index is 12.8. The second kappa shape index (κ2) is 8.35. The summed E-state index contributed by atoms with van der Waals surface area (Å²) in [6.07, 6.45) is 1.69. The number of carbonyl (C=O) groups excluding carboxylic acids is 1. The van der Waals surface area contributed by atoms with Gasteiger partial charge in [-0.05, 0) is 23.3 Å². The normalized spacial score (nSPS) is 10.6. The van der Waals surface area contributed by atoms with Gasteiger partial charge in [0.25, 0.3) is 0 Å². The standard InChI is InChI=1S/C24H19NO3/c26-24(28-17-19-10-5-2-6-11-19)21-14-13-20-12-7-15-25-22(20)23(21)27-16-18-8-3-1-4-9-18/h1-15H,16-17H2. The van der Waals surface area contributed by atoms with E-state index in [-0.39, 0.29) is 6.61 Å². The summed E-state index contributed by atoms with van der Waals surface area (Å²) < 4.78 is 11.6. The maximum Gasteiger partial charge on any atom is 0.342 e. The van der Waals surface area contributed by atoms with Crippen LogP contribution in [0.3, 0.4) is 0 Å². The van der Waals surface area contributed by atoms with Gasteiger partial charge < -0.3 is 9.47 Å². The van der Waals surface area contributed by atoms with E-state index in [0.717, 1.165) is 16.5 Å². The molecule has 0 saturated heterocycles. The van der Waals surface area contributed by atoms with Gasteiger partial charge in [0.1, 0.15) is 24.3 Å². The van der Waals surface area contributed by atoms with Gasteiger partial charge in [0.05, 0.1) is 0 Å². The predicted octanol–water partition coefficient (Wildman–Crippen LogP) is 5.17. The molecular formula is C24H19NO3. The van der Waals surface area contributed by atoms with Crippen LogP contribution in [0.2, 0.25) is 0 Å². The summed E-state index contributed by atoms with van der Waals surface area (Å²) in [4.78, 5) is 17.2. The maximum atomic E-state index is 12.8. The van der Waals surface area contributed by atoms with Crippen LogP contribution in [0.1, 0.15) is 21.5 Å². The summed E-state index contributed by atoms with van der Waals surface area (Å²) in [6, 6.07) is 26.8. The minimum atomic E-state index is -0.431.